The van der Waals surface area contributed by atoms with Gasteiger partial charge in [-0.1, -0.05) is 13.3 Å². The lowest BCUT2D eigenvalue weighted by Crippen LogP contribution is -2.32. The number of sulfone groups is 1. The molecule has 0 spiro atoms. The Bertz CT molecular complexity index is 628. The van der Waals surface area contributed by atoms with Crippen LogP contribution in [0.25, 0.3) is 0 Å². The minimum atomic E-state index is -4.87. The van der Waals surface area contributed by atoms with Crippen LogP contribution in [0.2, 0.25) is 0 Å². The molecule has 1 aromatic carbocycles. The molecule has 6 nitrogen and oxygen atoms in total. The summed E-state index contributed by atoms with van der Waals surface area (Å²) in [6.45, 7) is 1.74. The fourth-order valence-corrected chi connectivity index (χ4v) is 3.53. The topological polar surface area (TPSA) is 92.7 Å². The molecule has 10 heteroatoms. The summed E-state index contributed by atoms with van der Waals surface area (Å²) in [6, 6.07) is 3.69. The van der Waals surface area contributed by atoms with E-state index in [-0.39, 0.29) is 11.3 Å². The van der Waals surface area contributed by atoms with E-state index in [2.05, 4.69) is 4.74 Å². The van der Waals surface area contributed by atoms with E-state index in [0.717, 1.165) is 24.3 Å². The van der Waals surface area contributed by atoms with Gasteiger partial charge in [0.2, 0.25) is 5.91 Å². The van der Waals surface area contributed by atoms with Gasteiger partial charge in [0.1, 0.15) is 5.75 Å². The average Bonchev–Trinajstić information content (AvgIpc) is 2.44. The predicted molar refractivity (Wildman–Crippen MR) is 73.5 cm³/mol. The quantitative estimate of drug-likeness (QED) is 0.578. The van der Waals surface area contributed by atoms with Crippen LogP contribution >= 0.6 is 0 Å². The highest BCUT2D eigenvalue weighted by Crippen LogP contribution is 2.25. The fourth-order valence-electron chi connectivity index (χ4n) is 1.94. The van der Waals surface area contributed by atoms with Crippen molar-refractivity contribution in [1.29, 1.82) is 0 Å². The Morgan fingerprint density at radius 2 is 1.87 bits per heavy atom. The summed E-state index contributed by atoms with van der Waals surface area (Å²) in [5.41, 5.74) is 1.41. The first-order chi connectivity index (χ1) is 10.6. The van der Waals surface area contributed by atoms with Gasteiger partial charge < -0.3 is 4.74 Å². The summed E-state index contributed by atoms with van der Waals surface area (Å²) < 4.78 is 64.2. The Morgan fingerprint density at radius 3 is 2.30 bits per heavy atom. The zero-order valence-corrected chi connectivity index (χ0v) is 12.9. The predicted octanol–water partition coefficient (Wildman–Crippen LogP) is 2.28. The number of benzene rings is 1. The maximum absolute atomic E-state index is 12.2. The van der Waals surface area contributed by atoms with E-state index in [4.69, 9.17) is 5.21 Å². The Kier molecular flexibility index (Phi) is 6.39. The zero-order valence-electron chi connectivity index (χ0n) is 12.1. The monoisotopic (exact) mass is 355 g/mol. The lowest BCUT2D eigenvalue weighted by Gasteiger charge is -2.14. The molecule has 0 aliphatic carbocycles. The van der Waals surface area contributed by atoms with E-state index in [1.165, 1.54) is 5.48 Å². The minimum Gasteiger partial charge on any atom is -0.406 e. The van der Waals surface area contributed by atoms with Crippen molar-refractivity contribution in [2.24, 2.45) is 5.92 Å². The van der Waals surface area contributed by atoms with Crippen molar-refractivity contribution in [3.8, 4) is 5.75 Å². The molecular formula is C13H16F3NO5S. The van der Waals surface area contributed by atoms with Crippen molar-refractivity contribution in [1.82, 2.24) is 5.48 Å². The van der Waals surface area contributed by atoms with Gasteiger partial charge >= 0.3 is 6.36 Å². The van der Waals surface area contributed by atoms with Gasteiger partial charge in [0.15, 0.2) is 9.84 Å². The number of hydrogen-bond donors (Lipinski definition) is 2. The highest BCUT2D eigenvalue weighted by Gasteiger charge is 2.31. The molecule has 1 amide bonds. The first-order valence-corrected chi connectivity index (χ1v) is 8.26. The molecule has 0 aliphatic heterocycles. The number of nitrogens with one attached hydrogen (secondary N) is 1. The minimum absolute atomic E-state index is 0.237. The summed E-state index contributed by atoms with van der Waals surface area (Å²) in [5.74, 6) is -2.89. The fraction of sp³-hybridized carbons (Fsp3) is 0.462. The number of ether oxygens (including phenoxy) is 1. The van der Waals surface area contributed by atoms with E-state index >= 15 is 0 Å². The van der Waals surface area contributed by atoms with Crippen LogP contribution in [0.1, 0.15) is 19.8 Å². The zero-order chi connectivity index (χ0) is 17.7. The summed E-state index contributed by atoms with van der Waals surface area (Å²) in [4.78, 5) is 11.2. The average molecular weight is 355 g/mol. The molecule has 0 saturated carbocycles. The molecule has 0 bridgehead atoms. The SMILES string of the molecule is CCCC(CS(=O)(=O)c1ccc(OC(F)(F)F)cc1)C(=O)NO. The number of carbonyl (C=O) groups is 1. The molecule has 1 atom stereocenters. The van der Waals surface area contributed by atoms with Crippen LogP contribution in [0.3, 0.4) is 0 Å². The Morgan fingerprint density at radius 1 is 1.30 bits per heavy atom. The van der Waals surface area contributed by atoms with E-state index in [1.54, 1.807) is 6.92 Å². The van der Waals surface area contributed by atoms with Crippen molar-refractivity contribution in [2.45, 2.75) is 31.0 Å². The van der Waals surface area contributed by atoms with Crippen molar-refractivity contribution >= 4 is 15.7 Å². The molecule has 0 fully saturated rings. The molecule has 1 aromatic rings. The van der Waals surface area contributed by atoms with E-state index in [1.807, 2.05) is 0 Å². The van der Waals surface area contributed by atoms with Crippen LogP contribution in [-0.2, 0) is 14.6 Å². The molecule has 2 N–H and O–H groups in total. The number of carbonyl (C=O) groups excluding carboxylic acids is 1. The summed E-state index contributed by atoms with van der Waals surface area (Å²) >= 11 is 0. The van der Waals surface area contributed by atoms with Crippen molar-refractivity contribution < 1.29 is 36.3 Å². The van der Waals surface area contributed by atoms with Crippen LogP contribution in [0, 0.1) is 5.92 Å². The second kappa shape index (κ2) is 7.64. The number of amides is 1. The van der Waals surface area contributed by atoms with E-state index < -0.39 is 39.5 Å². The van der Waals surface area contributed by atoms with Crippen LogP contribution in [0.4, 0.5) is 13.2 Å². The third kappa shape index (κ3) is 6.06. The Balaban J connectivity index is 2.93. The largest absolute Gasteiger partial charge is 0.573 e. The molecule has 0 saturated heterocycles. The van der Waals surface area contributed by atoms with E-state index in [9.17, 15) is 26.4 Å². The summed E-state index contributed by atoms with van der Waals surface area (Å²) in [6.07, 6.45) is -4.11. The number of hydrogen-bond acceptors (Lipinski definition) is 5. The van der Waals surface area contributed by atoms with Gasteiger partial charge in [-0.2, -0.15) is 0 Å². The lowest BCUT2D eigenvalue weighted by atomic mass is 10.1. The number of rotatable bonds is 7. The second-order valence-corrected chi connectivity index (χ2v) is 6.80. The number of alkyl halides is 3. The number of halogens is 3. The van der Waals surface area contributed by atoms with Crippen LogP contribution < -0.4 is 10.2 Å². The lowest BCUT2D eigenvalue weighted by molar-refractivity contribution is -0.274. The van der Waals surface area contributed by atoms with E-state index in [0.29, 0.717) is 6.42 Å². The van der Waals surface area contributed by atoms with Gasteiger partial charge in [-0.25, -0.2) is 13.9 Å². The Labute approximate surface area is 131 Å². The number of hydroxylamine groups is 1. The standard InChI is InChI=1S/C13H16F3NO5S/c1-2-3-9(12(18)17-19)8-23(20,21)11-6-4-10(5-7-11)22-13(14,15)16/h4-7,9,19H,2-3,8H2,1H3,(H,17,18). The highest BCUT2D eigenvalue weighted by atomic mass is 32.2. The van der Waals surface area contributed by atoms with Gasteiger partial charge in [-0.15, -0.1) is 13.2 Å². The van der Waals surface area contributed by atoms with Crippen molar-refractivity contribution in [2.75, 3.05) is 5.75 Å². The molecule has 0 radical (unpaired) electrons. The highest BCUT2D eigenvalue weighted by molar-refractivity contribution is 7.91. The van der Waals surface area contributed by atoms with Gasteiger partial charge in [0.25, 0.3) is 0 Å². The summed E-state index contributed by atoms with van der Waals surface area (Å²) in [7, 11) is -3.91. The van der Waals surface area contributed by atoms with Gasteiger partial charge in [-0.3, -0.25) is 10.0 Å². The first-order valence-electron chi connectivity index (χ1n) is 6.61. The normalized spacial score (nSPS) is 13.4. The summed E-state index contributed by atoms with van der Waals surface area (Å²) in [5, 5.41) is 8.63. The second-order valence-electron chi connectivity index (χ2n) is 4.76. The maximum atomic E-state index is 12.2. The van der Waals surface area contributed by atoms with Crippen LogP contribution in [0.15, 0.2) is 29.2 Å². The van der Waals surface area contributed by atoms with Crippen molar-refractivity contribution in [3.05, 3.63) is 24.3 Å². The van der Waals surface area contributed by atoms with Gasteiger partial charge in [-0.05, 0) is 30.7 Å². The molecule has 1 rings (SSSR count). The first kappa shape index (κ1) is 19.2. The third-order valence-corrected chi connectivity index (χ3v) is 4.79. The van der Waals surface area contributed by atoms with Gasteiger partial charge in [0.05, 0.1) is 16.6 Å². The molecule has 1 unspecified atom stereocenters. The van der Waals surface area contributed by atoms with Crippen LogP contribution in [0.5, 0.6) is 5.75 Å². The Hall–Kier alpha value is -1.81. The third-order valence-electron chi connectivity index (χ3n) is 2.96. The maximum Gasteiger partial charge on any atom is 0.573 e. The molecule has 130 valence electrons. The molecular weight excluding hydrogens is 339 g/mol. The van der Waals surface area contributed by atoms with Gasteiger partial charge in [0, 0.05) is 0 Å². The molecule has 0 aliphatic rings. The molecule has 23 heavy (non-hydrogen) atoms. The molecule has 0 heterocycles. The van der Waals surface area contributed by atoms with Crippen molar-refractivity contribution in [3.63, 3.8) is 0 Å². The molecule has 0 aromatic heterocycles. The van der Waals surface area contributed by atoms with Crippen LogP contribution in [-0.4, -0.2) is 31.6 Å². The smallest absolute Gasteiger partial charge is 0.406 e.